The lowest BCUT2D eigenvalue weighted by Gasteiger charge is -2.49. The minimum absolute atomic E-state index is 0.00951. The molecule has 1 aromatic carbocycles. The predicted octanol–water partition coefficient (Wildman–Crippen LogP) is 2.11. The zero-order valence-corrected chi connectivity index (χ0v) is 10.8. The molecule has 0 aliphatic carbocycles. The van der Waals surface area contributed by atoms with E-state index in [-0.39, 0.29) is 12.0 Å². The van der Waals surface area contributed by atoms with Gasteiger partial charge in [0.25, 0.3) is 0 Å². The number of hydrogen-bond acceptors (Lipinski definition) is 4. The van der Waals surface area contributed by atoms with Crippen molar-refractivity contribution in [1.82, 2.24) is 0 Å². The second-order valence-corrected chi connectivity index (χ2v) is 5.41. The first kappa shape index (κ1) is 12.0. The predicted molar refractivity (Wildman–Crippen MR) is 65.4 cm³/mol. The minimum atomic E-state index is -1.01. The summed E-state index contributed by atoms with van der Waals surface area (Å²) in [7, 11) is 0. The summed E-state index contributed by atoms with van der Waals surface area (Å²) in [6, 6.07) is 7.87. The van der Waals surface area contributed by atoms with Crippen LogP contribution >= 0.6 is 0 Å². The van der Waals surface area contributed by atoms with Crippen LogP contribution in [-0.2, 0) is 14.2 Å². The number of benzene rings is 1. The standard InChI is InChI=1S/C14H18O4/c1-11-5-3-4-6-12(11)15-10-14-16-7-13(2,8-17-14)9-18-14/h3-6H,7-10H2,1-2H3. The van der Waals surface area contributed by atoms with Gasteiger partial charge in [-0.1, -0.05) is 25.1 Å². The highest BCUT2D eigenvalue weighted by Gasteiger charge is 2.51. The van der Waals surface area contributed by atoms with E-state index in [1.54, 1.807) is 0 Å². The van der Waals surface area contributed by atoms with Crippen molar-refractivity contribution in [2.24, 2.45) is 5.41 Å². The molecule has 3 aliphatic rings. The molecule has 3 aliphatic heterocycles. The lowest BCUT2D eigenvalue weighted by Crippen LogP contribution is -2.61. The van der Waals surface area contributed by atoms with Crippen molar-refractivity contribution in [3.63, 3.8) is 0 Å². The van der Waals surface area contributed by atoms with Crippen LogP contribution < -0.4 is 4.74 Å². The maximum atomic E-state index is 5.75. The van der Waals surface area contributed by atoms with Crippen molar-refractivity contribution in [1.29, 1.82) is 0 Å². The first-order valence-corrected chi connectivity index (χ1v) is 6.21. The van der Waals surface area contributed by atoms with Gasteiger partial charge in [0.1, 0.15) is 5.75 Å². The van der Waals surface area contributed by atoms with Gasteiger partial charge < -0.3 is 18.9 Å². The zero-order valence-electron chi connectivity index (χ0n) is 10.8. The second kappa shape index (κ2) is 4.23. The fraction of sp³-hybridized carbons (Fsp3) is 0.571. The van der Waals surface area contributed by atoms with E-state index < -0.39 is 5.97 Å². The molecule has 0 atom stereocenters. The summed E-state index contributed by atoms with van der Waals surface area (Å²) in [5.74, 6) is -0.179. The Labute approximate surface area is 107 Å². The van der Waals surface area contributed by atoms with Crippen LogP contribution in [0.5, 0.6) is 5.75 Å². The average molecular weight is 250 g/mol. The molecule has 0 aromatic heterocycles. The molecular weight excluding hydrogens is 232 g/mol. The smallest absolute Gasteiger partial charge is 0.319 e. The number of rotatable bonds is 3. The van der Waals surface area contributed by atoms with Crippen LogP contribution in [0.2, 0.25) is 0 Å². The number of ether oxygens (including phenoxy) is 4. The zero-order chi connectivity index (χ0) is 12.6. The molecule has 0 amide bonds. The number of para-hydroxylation sites is 1. The largest absolute Gasteiger partial charge is 0.485 e. The van der Waals surface area contributed by atoms with Gasteiger partial charge in [-0.15, -0.1) is 0 Å². The maximum absolute atomic E-state index is 5.75. The van der Waals surface area contributed by atoms with E-state index in [1.807, 2.05) is 31.2 Å². The lowest BCUT2D eigenvalue weighted by atomic mass is 9.92. The van der Waals surface area contributed by atoms with Gasteiger partial charge in [0.15, 0.2) is 6.61 Å². The van der Waals surface area contributed by atoms with Crippen molar-refractivity contribution in [2.75, 3.05) is 26.4 Å². The summed E-state index contributed by atoms with van der Waals surface area (Å²) >= 11 is 0. The van der Waals surface area contributed by atoms with Crippen LogP contribution in [0.3, 0.4) is 0 Å². The average Bonchev–Trinajstić information content (AvgIpc) is 2.40. The van der Waals surface area contributed by atoms with E-state index in [0.29, 0.717) is 19.8 Å². The summed E-state index contributed by atoms with van der Waals surface area (Å²) in [4.78, 5) is 0. The molecule has 0 unspecified atom stereocenters. The highest BCUT2D eigenvalue weighted by molar-refractivity contribution is 5.31. The van der Waals surface area contributed by atoms with Crippen molar-refractivity contribution in [2.45, 2.75) is 19.8 Å². The van der Waals surface area contributed by atoms with E-state index >= 15 is 0 Å². The van der Waals surface area contributed by atoms with Crippen molar-refractivity contribution < 1.29 is 18.9 Å². The second-order valence-electron chi connectivity index (χ2n) is 5.41. The van der Waals surface area contributed by atoms with Crippen LogP contribution in [0.4, 0.5) is 0 Å². The van der Waals surface area contributed by atoms with Gasteiger partial charge in [0, 0.05) is 5.41 Å². The Morgan fingerprint density at radius 1 is 1.11 bits per heavy atom. The molecule has 0 N–H and O–H groups in total. The molecule has 0 radical (unpaired) electrons. The van der Waals surface area contributed by atoms with Crippen LogP contribution in [0.1, 0.15) is 12.5 Å². The van der Waals surface area contributed by atoms with Gasteiger partial charge in [-0.2, -0.15) is 0 Å². The molecule has 4 nitrogen and oxygen atoms in total. The third-order valence-corrected chi connectivity index (χ3v) is 3.42. The first-order valence-electron chi connectivity index (χ1n) is 6.21. The Morgan fingerprint density at radius 2 is 1.72 bits per heavy atom. The summed E-state index contributed by atoms with van der Waals surface area (Å²) in [5, 5.41) is 0. The molecular formula is C14H18O4. The Hall–Kier alpha value is -1.10. The van der Waals surface area contributed by atoms with Gasteiger partial charge in [-0.05, 0) is 18.6 Å². The van der Waals surface area contributed by atoms with Crippen molar-refractivity contribution >= 4 is 0 Å². The van der Waals surface area contributed by atoms with Crippen molar-refractivity contribution in [3.05, 3.63) is 29.8 Å². The SMILES string of the molecule is Cc1ccccc1OCC12OCC(C)(CO1)CO2. The molecule has 98 valence electrons. The highest BCUT2D eigenvalue weighted by atomic mass is 16.9. The monoisotopic (exact) mass is 250 g/mol. The third-order valence-electron chi connectivity index (χ3n) is 3.42. The molecule has 3 saturated heterocycles. The van der Waals surface area contributed by atoms with E-state index in [0.717, 1.165) is 11.3 Å². The van der Waals surface area contributed by atoms with Crippen LogP contribution in [0.25, 0.3) is 0 Å². The van der Waals surface area contributed by atoms with Gasteiger partial charge >= 0.3 is 5.97 Å². The normalized spacial score (nSPS) is 34.6. The van der Waals surface area contributed by atoms with Crippen molar-refractivity contribution in [3.8, 4) is 5.75 Å². The molecule has 0 spiro atoms. The Bertz CT molecular complexity index is 419. The van der Waals surface area contributed by atoms with Crippen LogP contribution in [0.15, 0.2) is 24.3 Å². The molecule has 3 fully saturated rings. The van der Waals surface area contributed by atoms with Crippen LogP contribution in [-0.4, -0.2) is 32.4 Å². The molecule has 2 bridgehead atoms. The Balaban J connectivity index is 1.66. The Kier molecular flexibility index (Phi) is 2.81. The maximum Gasteiger partial charge on any atom is 0.319 e. The Morgan fingerprint density at radius 3 is 2.33 bits per heavy atom. The fourth-order valence-electron chi connectivity index (χ4n) is 2.11. The molecule has 3 heterocycles. The number of hydrogen-bond donors (Lipinski definition) is 0. The molecule has 18 heavy (non-hydrogen) atoms. The van der Waals surface area contributed by atoms with Gasteiger partial charge in [-0.3, -0.25) is 0 Å². The molecule has 4 rings (SSSR count). The minimum Gasteiger partial charge on any atom is -0.485 e. The highest BCUT2D eigenvalue weighted by Crippen LogP contribution is 2.38. The fourth-order valence-corrected chi connectivity index (χ4v) is 2.11. The van der Waals surface area contributed by atoms with E-state index in [1.165, 1.54) is 0 Å². The molecule has 1 aromatic rings. The van der Waals surface area contributed by atoms with Gasteiger partial charge in [-0.25, -0.2) is 0 Å². The van der Waals surface area contributed by atoms with Gasteiger partial charge in [0.05, 0.1) is 19.8 Å². The third kappa shape index (κ3) is 2.11. The number of fused-ring (bicyclic) bond motifs is 3. The van der Waals surface area contributed by atoms with E-state index in [4.69, 9.17) is 18.9 Å². The summed E-state index contributed by atoms with van der Waals surface area (Å²) in [6.45, 7) is 6.33. The van der Waals surface area contributed by atoms with E-state index in [9.17, 15) is 0 Å². The lowest BCUT2D eigenvalue weighted by molar-refractivity contribution is -0.470. The molecule has 4 heteroatoms. The first-order chi connectivity index (χ1) is 8.61. The van der Waals surface area contributed by atoms with Gasteiger partial charge in [0.2, 0.25) is 0 Å². The summed E-state index contributed by atoms with van der Waals surface area (Å²) < 4.78 is 22.7. The number of aryl methyl sites for hydroxylation is 1. The quantitative estimate of drug-likeness (QED) is 0.823. The summed E-state index contributed by atoms with van der Waals surface area (Å²) in [6.07, 6.45) is 0. The van der Waals surface area contributed by atoms with Crippen LogP contribution in [0, 0.1) is 12.3 Å². The molecule has 0 saturated carbocycles. The summed E-state index contributed by atoms with van der Waals surface area (Å²) in [5.41, 5.74) is 1.08. The van der Waals surface area contributed by atoms with E-state index in [2.05, 4.69) is 6.92 Å². The topological polar surface area (TPSA) is 36.9 Å².